The smallest absolute Gasteiger partial charge is 0.252 e. The molecule has 1 aromatic rings. The number of carbonyl (C=O) groups excluding carboxylic acids is 1. The van der Waals surface area contributed by atoms with Gasteiger partial charge in [-0.15, -0.1) is 0 Å². The molecule has 19 heavy (non-hydrogen) atoms. The third-order valence-corrected chi connectivity index (χ3v) is 2.20. The lowest BCUT2D eigenvalue weighted by Crippen LogP contribution is -2.23. The number of nitrogens with one attached hydrogen (secondary N) is 1. The second-order valence-corrected chi connectivity index (χ2v) is 5.05. The summed E-state index contributed by atoms with van der Waals surface area (Å²) in [6.07, 6.45) is 1.50. The van der Waals surface area contributed by atoms with Gasteiger partial charge >= 0.3 is 0 Å². The summed E-state index contributed by atoms with van der Waals surface area (Å²) in [5.41, 5.74) is 0.360. The molecule has 1 amide bonds. The topological polar surface area (TPSA) is 60.5 Å². The number of hydrogen-bond donors (Lipinski definition) is 1. The number of aromatic nitrogens is 1. The summed E-state index contributed by atoms with van der Waals surface area (Å²) in [7, 11) is 0. The number of nitrogens with zero attached hydrogens (tertiary/aromatic N) is 1. The molecule has 0 aromatic carbocycles. The van der Waals surface area contributed by atoms with Gasteiger partial charge in [-0.3, -0.25) is 4.79 Å². The van der Waals surface area contributed by atoms with Crippen LogP contribution in [0.5, 0.6) is 5.88 Å². The molecule has 0 unspecified atom stereocenters. The van der Waals surface area contributed by atoms with Gasteiger partial charge in [0.05, 0.1) is 17.8 Å². The Labute approximate surface area is 114 Å². The lowest BCUT2D eigenvalue weighted by molar-refractivity contribution is -0.0168. The van der Waals surface area contributed by atoms with Crippen molar-refractivity contribution in [3.63, 3.8) is 0 Å². The second-order valence-electron chi connectivity index (χ2n) is 5.05. The summed E-state index contributed by atoms with van der Waals surface area (Å²) >= 11 is 0. The zero-order valence-corrected chi connectivity index (χ0v) is 12.0. The highest BCUT2D eigenvalue weighted by Gasteiger charge is 2.09. The van der Waals surface area contributed by atoms with Gasteiger partial charge < -0.3 is 14.8 Å². The average molecular weight is 266 g/mol. The highest BCUT2D eigenvalue weighted by atomic mass is 16.5. The van der Waals surface area contributed by atoms with E-state index in [1.54, 1.807) is 12.1 Å². The summed E-state index contributed by atoms with van der Waals surface area (Å²) in [6.45, 7) is 9.39. The van der Waals surface area contributed by atoms with Crippen molar-refractivity contribution in [2.45, 2.75) is 33.3 Å². The molecule has 0 atom stereocenters. The van der Waals surface area contributed by atoms with Gasteiger partial charge in [0.2, 0.25) is 5.88 Å². The van der Waals surface area contributed by atoms with Gasteiger partial charge in [0.1, 0.15) is 6.61 Å². The number of carbonyl (C=O) groups is 1. The lowest BCUT2D eigenvalue weighted by atomic mass is 10.2. The zero-order valence-electron chi connectivity index (χ0n) is 12.0. The van der Waals surface area contributed by atoms with Crippen LogP contribution in [-0.4, -0.2) is 36.3 Å². The van der Waals surface area contributed by atoms with Gasteiger partial charge in [-0.05, 0) is 33.8 Å². The van der Waals surface area contributed by atoms with Crippen LogP contribution in [0.25, 0.3) is 0 Å². The maximum Gasteiger partial charge on any atom is 0.252 e. The molecule has 0 saturated heterocycles. The predicted octanol–water partition coefficient (Wildman–Crippen LogP) is 2.03. The third kappa shape index (κ3) is 6.20. The Bertz CT molecular complexity index is 396. The Hall–Kier alpha value is -1.62. The van der Waals surface area contributed by atoms with Gasteiger partial charge in [0.25, 0.3) is 5.91 Å². The molecular weight excluding hydrogens is 244 g/mol. The first kappa shape index (κ1) is 15.4. The van der Waals surface area contributed by atoms with E-state index >= 15 is 0 Å². The molecule has 0 aliphatic heterocycles. The van der Waals surface area contributed by atoms with E-state index in [0.29, 0.717) is 31.2 Å². The van der Waals surface area contributed by atoms with Gasteiger partial charge in [-0.2, -0.15) is 0 Å². The molecule has 1 rings (SSSR count). The normalized spacial score (nSPS) is 11.2. The Kier molecular flexibility index (Phi) is 5.76. The fraction of sp³-hybridized carbons (Fsp3) is 0.571. The van der Waals surface area contributed by atoms with Crippen molar-refractivity contribution >= 4 is 5.91 Å². The van der Waals surface area contributed by atoms with E-state index in [-0.39, 0.29) is 11.5 Å². The molecular formula is C14H22N2O3. The highest BCUT2D eigenvalue weighted by molar-refractivity contribution is 5.93. The SMILES string of the molecule is CCNC(=O)c1ccc(OCCOC(C)(C)C)nc1. The molecule has 0 fully saturated rings. The van der Waals surface area contributed by atoms with Crippen molar-refractivity contribution < 1.29 is 14.3 Å². The van der Waals surface area contributed by atoms with Crippen molar-refractivity contribution in [1.82, 2.24) is 10.3 Å². The minimum absolute atomic E-state index is 0.127. The molecule has 1 N–H and O–H groups in total. The van der Waals surface area contributed by atoms with Crippen molar-refractivity contribution in [3.8, 4) is 5.88 Å². The van der Waals surface area contributed by atoms with Crippen LogP contribution in [0.1, 0.15) is 38.1 Å². The van der Waals surface area contributed by atoms with E-state index in [0.717, 1.165) is 0 Å². The molecule has 106 valence electrons. The molecule has 0 saturated carbocycles. The van der Waals surface area contributed by atoms with Gasteiger partial charge in [-0.25, -0.2) is 4.98 Å². The van der Waals surface area contributed by atoms with Crippen molar-refractivity contribution in [2.24, 2.45) is 0 Å². The molecule has 0 spiro atoms. The summed E-state index contributed by atoms with van der Waals surface area (Å²) < 4.78 is 11.0. The Balaban J connectivity index is 2.38. The van der Waals surface area contributed by atoms with E-state index in [1.807, 2.05) is 27.7 Å². The molecule has 5 nitrogen and oxygen atoms in total. The quantitative estimate of drug-likeness (QED) is 0.800. The summed E-state index contributed by atoms with van der Waals surface area (Å²) in [5, 5.41) is 2.71. The molecule has 5 heteroatoms. The highest BCUT2D eigenvalue weighted by Crippen LogP contribution is 2.09. The molecule has 0 radical (unpaired) electrons. The molecule has 1 heterocycles. The predicted molar refractivity (Wildman–Crippen MR) is 73.4 cm³/mol. The number of pyridine rings is 1. The van der Waals surface area contributed by atoms with Crippen molar-refractivity contribution in [3.05, 3.63) is 23.9 Å². The van der Waals surface area contributed by atoms with Gasteiger partial charge in [-0.1, -0.05) is 0 Å². The monoisotopic (exact) mass is 266 g/mol. The summed E-state index contributed by atoms with van der Waals surface area (Å²) in [6, 6.07) is 3.37. The van der Waals surface area contributed by atoms with E-state index < -0.39 is 0 Å². The summed E-state index contributed by atoms with van der Waals surface area (Å²) in [5.74, 6) is 0.364. The van der Waals surface area contributed by atoms with Crippen LogP contribution >= 0.6 is 0 Å². The minimum Gasteiger partial charge on any atom is -0.475 e. The van der Waals surface area contributed by atoms with Crippen LogP contribution in [0.2, 0.25) is 0 Å². The van der Waals surface area contributed by atoms with Crippen LogP contribution in [0.3, 0.4) is 0 Å². The van der Waals surface area contributed by atoms with E-state index in [2.05, 4.69) is 10.3 Å². The molecule has 1 aromatic heterocycles. The van der Waals surface area contributed by atoms with E-state index in [4.69, 9.17) is 9.47 Å². The third-order valence-electron chi connectivity index (χ3n) is 2.20. The Morgan fingerprint density at radius 3 is 2.58 bits per heavy atom. The van der Waals surface area contributed by atoms with Crippen LogP contribution in [-0.2, 0) is 4.74 Å². The van der Waals surface area contributed by atoms with Crippen molar-refractivity contribution in [2.75, 3.05) is 19.8 Å². The van der Waals surface area contributed by atoms with Crippen LogP contribution < -0.4 is 10.1 Å². The number of amides is 1. The molecule has 0 bridgehead atoms. The number of rotatable bonds is 6. The van der Waals surface area contributed by atoms with Crippen molar-refractivity contribution in [1.29, 1.82) is 0 Å². The maximum absolute atomic E-state index is 11.5. The maximum atomic E-state index is 11.5. The first-order valence-corrected chi connectivity index (χ1v) is 6.43. The molecule has 0 aliphatic carbocycles. The summed E-state index contributed by atoms with van der Waals surface area (Å²) in [4.78, 5) is 15.6. The first-order chi connectivity index (χ1) is 8.92. The zero-order chi connectivity index (χ0) is 14.3. The standard InChI is InChI=1S/C14H22N2O3/c1-5-15-13(17)11-6-7-12(16-10-11)18-8-9-19-14(2,3)4/h6-7,10H,5,8-9H2,1-4H3,(H,15,17). The van der Waals surface area contributed by atoms with E-state index in [1.165, 1.54) is 6.20 Å². The largest absolute Gasteiger partial charge is 0.475 e. The fourth-order valence-electron chi connectivity index (χ4n) is 1.36. The first-order valence-electron chi connectivity index (χ1n) is 6.43. The van der Waals surface area contributed by atoms with Crippen LogP contribution in [0.15, 0.2) is 18.3 Å². The fourth-order valence-corrected chi connectivity index (χ4v) is 1.36. The van der Waals surface area contributed by atoms with Gasteiger partial charge in [0.15, 0.2) is 0 Å². The second kappa shape index (κ2) is 7.09. The number of ether oxygens (including phenoxy) is 2. The average Bonchev–Trinajstić information content (AvgIpc) is 2.34. The Morgan fingerprint density at radius 2 is 2.05 bits per heavy atom. The molecule has 0 aliphatic rings. The van der Waals surface area contributed by atoms with E-state index in [9.17, 15) is 4.79 Å². The van der Waals surface area contributed by atoms with Gasteiger partial charge in [0, 0.05) is 18.8 Å². The lowest BCUT2D eigenvalue weighted by Gasteiger charge is -2.19. The minimum atomic E-state index is -0.168. The number of hydrogen-bond acceptors (Lipinski definition) is 4. The Morgan fingerprint density at radius 1 is 1.32 bits per heavy atom. The van der Waals surface area contributed by atoms with Crippen LogP contribution in [0, 0.1) is 0 Å². The van der Waals surface area contributed by atoms with Crippen LogP contribution in [0.4, 0.5) is 0 Å².